The summed E-state index contributed by atoms with van der Waals surface area (Å²) in [6, 6.07) is 9.44. The van der Waals surface area contributed by atoms with Crippen molar-refractivity contribution in [3.8, 4) is 0 Å². The molecular formula is C14H14Cl2FN5. The molecule has 0 fully saturated rings. The van der Waals surface area contributed by atoms with Crippen molar-refractivity contribution in [2.24, 2.45) is 0 Å². The van der Waals surface area contributed by atoms with Crippen LogP contribution in [-0.2, 0) is 0 Å². The number of benzene rings is 1. The molecule has 1 aromatic carbocycles. The van der Waals surface area contributed by atoms with Crippen LogP contribution in [0, 0.1) is 0 Å². The zero-order chi connectivity index (χ0) is 16.3. The second kappa shape index (κ2) is 6.89. The third kappa shape index (κ3) is 3.64. The Morgan fingerprint density at radius 2 is 1.77 bits per heavy atom. The van der Waals surface area contributed by atoms with Gasteiger partial charge in [0.1, 0.15) is 4.49 Å². The van der Waals surface area contributed by atoms with Gasteiger partial charge in [-0.05, 0) is 26.0 Å². The third-order valence-electron chi connectivity index (χ3n) is 2.77. The number of halogens is 3. The van der Waals surface area contributed by atoms with E-state index in [4.69, 9.17) is 28.9 Å². The summed E-state index contributed by atoms with van der Waals surface area (Å²) in [5.74, 6) is -1.15. The fraction of sp³-hybridized carbons (Fsp3) is 0.214. The summed E-state index contributed by atoms with van der Waals surface area (Å²) >= 11 is 10.9. The Hall–Kier alpha value is -1.92. The molecule has 0 amide bonds. The van der Waals surface area contributed by atoms with Gasteiger partial charge < -0.3 is 10.6 Å². The molecule has 22 heavy (non-hydrogen) atoms. The molecule has 2 N–H and O–H groups in total. The number of para-hydroxylation sites is 1. The molecule has 2 rings (SSSR count). The highest BCUT2D eigenvalue weighted by atomic mass is 35.5. The topological polar surface area (TPSA) is 67.9 Å². The van der Waals surface area contributed by atoms with E-state index in [0.29, 0.717) is 0 Å². The predicted molar refractivity (Wildman–Crippen MR) is 87.7 cm³/mol. The number of aromatic nitrogens is 3. The van der Waals surface area contributed by atoms with Crippen LogP contribution in [0.1, 0.15) is 19.7 Å². The van der Waals surface area contributed by atoms with E-state index in [0.717, 1.165) is 5.69 Å². The van der Waals surface area contributed by atoms with Crippen molar-refractivity contribution in [1.82, 2.24) is 15.0 Å². The van der Waals surface area contributed by atoms with Gasteiger partial charge in [0.05, 0.1) is 0 Å². The molecule has 116 valence electrons. The lowest BCUT2D eigenvalue weighted by Gasteiger charge is -2.26. The van der Waals surface area contributed by atoms with Gasteiger partial charge >= 0.3 is 0 Å². The molecule has 0 unspecified atom stereocenters. The van der Waals surface area contributed by atoms with Crippen LogP contribution in [0.25, 0.3) is 5.83 Å². The standard InChI is InChI=1S/C14H14Cl2FN5/c1-8(2)22(9-6-4-3-5-7-9)14-20-12(10(17)11(15)16)19-13(18)21-14/h3-8H,1-2H3,(H2,18,19,20,21). The van der Waals surface area contributed by atoms with Crippen LogP contribution in [-0.4, -0.2) is 21.0 Å². The summed E-state index contributed by atoms with van der Waals surface area (Å²) in [6.07, 6.45) is 0. The minimum atomic E-state index is -0.949. The van der Waals surface area contributed by atoms with E-state index in [2.05, 4.69) is 15.0 Å². The first-order chi connectivity index (χ1) is 10.4. The first kappa shape index (κ1) is 16.5. The number of hydrogen-bond acceptors (Lipinski definition) is 5. The lowest BCUT2D eigenvalue weighted by Crippen LogP contribution is -2.28. The highest BCUT2D eigenvalue weighted by Gasteiger charge is 2.20. The van der Waals surface area contributed by atoms with Crippen LogP contribution in [0.5, 0.6) is 0 Å². The number of nitrogen functional groups attached to an aromatic ring is 1. The molecule has 0 bridgehead atoms. The summed E-state index contributed by atoms with van der Waals surface area (Å²) in [7, 11) is 0. The van der Waals surface area contributed by atoms with Crippen LogP contribution >= 0.6 is 23.2 Å². The van der Waals surface area contributed by atoms with Crippen LogP contribution in [0.4, 0.5) is 22.0 Å². The summed E-state index contributed by atoms with van der Waals surface area (Å²) in [4.78, 5) is 13.7. The van der Waals surface area contributed by atoms with Crippen molar-refractivity contribution in [3.05, 3.63) is 40.6 Å². The van der Waals surface area contributed by atoms with E-state index in [1.165, 1.54) is 0 Å². The maximum absolute atomic E-state index is 13.9. The van der Waals surface area contributed by atoms with Gasteiger partial charge in [-0.25, -0.2) is 4.39 Å². The van der Waals surface area contributed by atoms with Crippen LogP contribution in [0.15, 0.2) is 34.8 Å². The van der Waals surface area contributed by atoms with Crippen molar-refractivity contribution in [3.63, 3.8) is 0 Å². The average molecular weight is 342 g/mol. The summed E-state index contributed by atoms with van der Waals surface area (Å²) < 4.78 is 13.3. The fourth-order valence-electron chi connectivity index (χ4n) is 1.90. The molecule has 0 saturated carbocycles. The highest BCUT2D eigenvalue weighted by Crippen LogP contribution is 2.28. The molecule has 0 saturated heterocycles. The second-order valence-corrected chi connectivity index (χ2v) is 5.64. The van der Waals surface area contributed by atoms with Gasteiger partial charge in [0, 0.05) is 11.7 Å². The van der Waals surface area contributed by atoms with Crippen molar-refractivity contribution < 1.29 is 4.39 Å². The molecule has 0 aliphatic rings. The van der Waals surface area contributed by atoms with Gasteiger partial charge in [0.25, 0.3) is 0 Å². The number of hydrogen-bond donors (Lipinski definition) is 1. The number of rotatable bonds is 4. The Morgan fingerprint density at radius 1 is 1.14 bits per heavy atom. The number of anilines is 3. The lowest BCUT2D eigenvalue weighted by molar-refractivity contribution is 0.725. The maximum Gasteiger partial charge on any atom is 0.235 e. The largest absolute Gasteiger partial charge is 0.368 e. The van der Waals surface area contributed by atoms with Crippen molar-refractivity contribution in [2.75, 3.05) is 10.6 Å². The first-order valence-corrected chi connectivity index (χ1v) is 7.22. The molecule has 2 aromatic rings. The molecule has 0 aliphatic heterocycles. The van der Waals surface area contributed by atoms with Crippen LogP contribution in [0.2, 0.25) is 0 Å². The second-order valence-electron chi connectivity index (χ2n) is 4.69. The van der Waals surface area contributed by atoms with E-state index in [1.807, 2.05) is 44.2 Å². The molecular weight excluding hydrogens is 328 g/mol. The summed E-state index contributed by atoms with van der Waals surface area (Å²) in [6.45, 7) is 3.90. The first-order valence-electron chi connectivity index (χ1n) is 6.47. The normalized spacial score (nSPS) is 10.6. The van der Waals surface area contributed by atoms with E-state index in [9.17, 15) is 4.39 Å². The lowest BCUT2D eigenvalue weighted by atomic mass is 10.2. The number of nitrogens with two attached hydrogens (primary N) is 1. The molecule has 1 aromatic heterocycles. The maximum atomic E-state index is 13.9. The molecule has 0 atom stereocenters. The van der Waals surface area contributed by atoms with Gasteiger partial charge in [0.15, 0.2) is 11.7 Å². The number of nitrogens with zero attached hydrogens (tertiary/aromatic N) is 4. The molecule has 1 heterocycles. The zero-order valence-electron chi connectivity index (χ0n) is 12.0. The van der Waals surface area contributed by atoms with Crippen molar-refractivity contribution in [2.45, 2.75) is 19.9 Å². The van der Waals surface area contributed by atoms with E-state index in [1.54, 1.807) is 4.90 Å². The fourth-order valence-corrected chi connectivity index (χ4v) is 2.07. The SMILES string of the molecule is CC(C)N(c1ccccc1)c1nc(N)nc(C(F)=C(Cl)Cl)n1. The Balaban J connectivity index is 2.56. The van der Waals surface area contributed by atoms with Crippen molar-refractivity contribution >= 4 is 46.6 Å². The minimum absolute atomic E-state index is 0.00978. The summed E-state index contributed by atoms with van der Waals surface area (Å²) in [5, 5.41) is 0. The Kier molecular flexibility index (Phi) is 5.15. The van der Waals surface area contributed by atoms with Gasteiger partial charge in [-0.2, -0.15) is 15.0 Å². The Bertz CT molecular complexity index is 687. The van der Waals surface area contributed by atoms with Gasteiger partial charge in [0.2, 0.25) is 11.9 Å². The predicted octanol–water partition coefficient (Wildman–Crippen LogP) is 4.07. The van der Waals surface area contributed by atoms with E-state index in [-0.39, 0.29) is 23.8 Å². The average Bonchev–Trinajstić information content (AvgIpc) is 2.46. The van der Waals surface area contributed by atoms with Crippen LogP contribution < -0.4 is 10.6 Å². The minimum Gasteiger partial charge on any atom is -0.368 e. The molecule has 0 aliphatic carbocycles. The van der Waals surface area contributed by atoms with Crippen LogP contribution in [0.3, 0.4) is 0 Å². The monoisotopic (exact) mass is 341 g/mol. The van der Waals surface area contributed by atoms with Crippen molar-refractivity contribution in [1.29, 1.82) is 0 Å². The molecule has 0 radical (unpaired) electrons. The molecule has 5 nitrogen and oxygen atoms in total. The van der Waals surface area contributed by atoms with E-state index < -0.39 is 10.3 Å². The molecule has 0 spiro atoms. The van der Waals surface area contributed by atoms with E-state index >= 15 is 0 Å². The summed E-state index contributed by atoms with van der Waals surface area (Å²) in [5.41, 5.74) is 6.49. The highest BCUT2D eigenvalue weighted by molar-refractivity contribution is 6.58. The quantitative estimate of drug-likeness (QED) is 0.907. The zero-order valence-corrected chi connectivity index (χ0v) is 13.5. The van der Waals surface area contributed by atoms with Gasteiger partial charge in [-0.15, -0.1) is 0 Å². The van der Waals surface area contributed by atoms with Gasteiger partial charge in [-0.3, -0.25) is 0 Å². The smallest absolute Gasteiger partial charge is 0.235 e. The Labute approximate surface area is 137 Å². The Morgan fingerprint density at radius 3 is 2.32 bits per heavy atom. The van der Waals surface area contributed by atoms with Gasteiger partial charge in [-0.1, -0.05) is 41.4 Å². The third-order valence-corrected chi connectivity index (χ3v) is 3.10. The molecule has 8 heteroatoms.